The minimum Gasteiger partial charge on any atom is -0.395 e. The molecule has 8 atom stereocenters. The number of aromatic amines is 4. The van der Waals surface area contributed by atoms with Crippen molar-refractivity contribution in [3.8, 4) is 0 Å². The summed E-state index contributed by atoms with van der Waals surface area (Å²) >= 11 is 0. The lowest BCUT2D eigenvalue weighted by Gasteiger charge is -2.22. The van der Waals surface area contributed by atoms with E-state index >= 15 is 0 Å². The molecule has 6 rings (SSSR count). The van der Waals surface area contributed by atoms with Crippen LogP contribution in [0.4, 0.5) is 0 Å². The molecule has 0 unspecified atom stereocenters. The Morgan fingerprint density at radius 3 is 1.73 bits per heavy atom. The topological polar surface area (TPSA) is 281 Å². The molecule has 2 aliphatic rings. The molecule has 48 heavy (non-hydrogen) atoms. The Bertz CT molecular complexity index is 1930. The molecule has 6 heterocycles. The predicted molar refractivity (Wildman–Crippen MR) is 177 cm³/mol. The maximum atomic E-state index is 11.9. The van der Waals surface area contributed by atoms with Gasteiger partial charge in [0.25, 0.3) is 11.1 Å². The summed E-state index contributed by atoms with van der Waals surface area (Å²) in [6.45, 7) is 6.33. The van der Waals surface area contributed by atoms with Crippen LogP contribution in [0.3, 0.4) is 0 Å². The highest BCUT2D eigenvalue weighted by atomic mass is 31.2. The van der Waals surface area contributed by atoms with E-state index in [1.807, 2.05) is 0 Å². The number of hydrogen-bond acceptors (Lipinski definition) is 14. The van der Waals surface area contributed by atoms with Gasteiger partial charge in [0.05, 0.1) is 68.8 Å². The van der Waals surface area contributed by atoms with Crippen molar-refractivity contribution in [1.82, 2.24) is 40.5 Å². The van der Waals surface area contributed by atoms with Gasteiger partial charge in [-0.25, -0.2) is 9.97 Å². The van der Waals surface area contributed by atoms with Gasteiger partial charge in [-0.15, -0.1) is 0 Å². The molecule has 18 nitrogen and oxygen atoms in total. The van der Waals surface area contributed by atoms with Crippen LogP contribution < -0.4 is 21.8 Å². The second kappa shape index (κ2) is 14.5. The van der Waals surface area contributed by atoms with Crippen LogP contribution in [0.1, 0.15) is 23.2 Å². The number of nitrogens with one attached hydrogen (secondary N) is 6. The zero-order valence-electron chi connectivity index (χ0n) is 26.8. The molecule has 2 aliphatic heterocycles. The SMILES string of the molecule is CP(C)(=O)COC[C@H]1N[C@@H](c2c[nH]c3c(=O)[nH]cnc23)[C@H](O)[C@@H]1O.CP(C)(=O)CO[C@H]1[C@@H](O)[C@H](c2c[nH]c3c(=O)[nH]cnc23)N[C@@H]1CO. The largest absolute Gasteiger partial charge is 0.395 e. The number of aromatic nitrogens is 6. The maximum Gasteiger partial charge on any atom is 0.275 e. The van der Waals surface area contributed by atoms with E-state index in [1.54, 1.807) is 39.1 Å². The molecule has 0 bridgehead atoms. The molecule has 4 aromatic heterocycles. The van der Waals surface area contributed by atoms with E-state index in [9.17, 15) is 39.1 Å². The fourth-order valence-corrected chi connectivity index (χ4v) is 6.94. The Morgan fingerprint density at radius 1 is 0.729 bits per heavy atom. The predicted octanol–water partition coefficient (Wildman–Crippen LogP) is -0.835. The number of rotatable bonds is 10. The van der Waals surface area contributed by atoms with Crippen molar-refractivity contribution >= 4 is 36.4 Å². The summed E-state index contributed by atoms with van der Waals surface area (Å²) in [7, 11) is -4.72. The highest BCUT2D eigenvalue weighted by molar-refractivity contribution is 7.62. The van der Waals surface area contributed by atoms with Crippen LogP contribution in [0.25, 0.3) is 22.1 Å². The van der Waals surface area contributed by atoms with E-state index in [4.69, 9.17) is 9.47 Å². The van der Waals surface area contributed by atoms with Crippen LogP contribution in [0.5, 0.6) is 0 Å². The third kappa shape index (κ3) is 7.89. The van der Waals surface area contributed by atoms with Crippen LogP contribution in [0.15, 0.2) is 34.6 Å². The average molecular weight is 713 g/mol. The van der Waals surface area contributed by atoms with Crippen LogP contribution in [-0.4, -0.2) is 139 Å². The molecule has 0 amide bonds. The summed E-state index contributed by atoms with van der Waals surface area (Å²) in [5.74, 6) is 0. The lowest BCUT2D eigenvalue weighted by Crippen LogP contribution is -2.38. The fraction of sp³-hybridized carbons (Fsp3) is 0.571. The highest BCUT2D eigenvalue weighted by Gasteiger charge is 2.45. The lowest BCUT2D eigenvalue weighted by molar-refractivity contribution is -0.0199. The zero-order chi connectivity index (χ0) is 35.0. The monoisotopic (exact) mass is 712 g/mol. The number of H-pyrrole nitrogens is 4. The van der Waals surface area contributed by atoms with Gasteiger partial charge in [0, 0.05) is 23.5 Å². The van der Waals surface area contributed by atoms with E-state index in [-0.39, 0.29) is 37.0 Å². The first kappa shape index (κ1) is 36.3. The third-order valence-electron chi connectivity index (χ3n) is 8.11. The van der Waals surface area contributed by atoms with Crippen molar-refractivity contribution in [2.75, 3.05) is 52.6 Å². The van der Waals surface area contributed by atoms with Crippen molar-refractivity contribution in [2.24, 2.45) is 0 Å². The van der Waals surface area contributed by atoms with Gasteiger partial charge in [0.15, 0.2) is 0 Å². The number of hydrogen-bond donors (Lipinski definition) is 10. The van der Waals surface area contributed by atoms with E-state index < -0.39 is 62.9 Å². The third-order valence-corrected chi connectivity index (χ3v) is 9.68. The van der Waals surface area contributed by atoms with Gasteiger partial charge < -0.3 is 69.6 Å². The first-order chi connectivity index (χ1) is 22.6. The lowest BCUT2D eigenvalue weighted by atomic mass is 10.0. The van der Waals surface area contributed by atoms with Crippen molar-refractivity contribution in [1.29, 1.82) is 0 Å². The molecule has 264 valence electrons. The Kier molecular flexibility index (Phi) is 10.9. The van der Waals surface area contributed by atoms with Crippen LogP contribution in [0.2, 0.25) is 0 Å². The summed E-state index contributed by atoms with van der Waals surface area (Å²) in [6.07, 6.45) is 2.11. The zero-order valence-corrected chi connectivity index (χ0v) is 28.6. The van der Waals surface area contributed by atoms with Gasteiger partial charge in [0.1, 0.15) is 54.7 Å². The van der Waals surface area contributed by atoms with Gasteiger partial charge in [-0.3, -0.25) is 9.59 Å². The smallest absolute Gasteiger partial charge is 0.275 e. The molecule has 2 fully saturated rings. The standard InChI is InChI=1S/2C14H21N4O5P/c1-24(2,22)6-23-13-8(4-19)18-10(12(13)20)7-3-15-11-9(7)16-5-17-14(11)21;1-24(2,22)6-23-4-8-12(19)13(20)10(18-8)7-3-15-11-9(7)16-5-17-14(11)21/h2*3,5,8,10,12-13,15,18-20H,4,6H2,1-2H3,(H,16,17,21)/t8-,10+,12+,13-;8-,10+,12-,13+/m11/s1. The molecule has 0 saturated carbocycles. The van der Waals surface area contributed by atoms with E-state index in [0.717, 1.165) is 0 Å². The molecule has 0 spiro atoms. The van der Waals surface area contributed by atoms with Gasteiger partial charge >= 0.3 is 0 Å². The average Bonchev–Trinajstić information content (AvgIpc) is 3.77. The van der Waals surface area contributed by atoms with Crippen molar-refractivity contribution < 1.29 is 39.0 Å². The van der Waals surface area contributed by atoms with E-state index in [1.165, 1.54) is 12.7 Å². The molecule has 0 aliphatic carbocycles. The normalized spacial score (nSPS) is 27.8. The summed E-state index contributed by atoms with van der Waals surface area (Å²) < 4.78 is 34.5. The number of aliphatic hydroxyl groups excluding tert-OH is 4. The quantitative estimate of drug-likeness (QED) is 0.0899. The van der Waals surface area contributed by atoms with Gasteiger partial charge in [-0.1, -0.05) is 0 Å². The summed E-state index contributed by atoms with van der Waals surface area (Å²) in [6, 6.07) is -2.18. The summed E-state index contributed by atoms with van der Waals surface area (Å²) in [5, 5.41) is 47.0. The van der Waals surface area contributed by atoms with Crippen LogP contribution in [-0.2, 0) is 18.6 Å². The molecule has 20 heteroatoms. The summed E-state index contributed by atoms with van der Waals surface area (Å²) in [4.78, 5) is 42.5. The first-order valence-corrected chi connectivity index (χ1v) is 20.7. The number of fused-ring (bicyclic) bond motifs is 2. The molecule has 0 radical (unpaired) electrons. The Labute approximate surface area is 273 Å². The number of ether oxygens (including phenoxy) is 2. The Morgan fingerprint density at radius 2 is 1.23 bits per heavy atom. The first-order valence-electron chi connectivity index (χ1n) is 15.1. The molecule has 2 saturated heterocycles. The van der Waals surface area contributed by atoms with Gasteiger partial charge in [-0.2, -0.15) is 0 Å². The molecular weight excluding hydrogens is 670 g/mol. The molecule has 0 aromatic carbocycles. The molecule has 10 N–H and O–H groups in total. The number of aliphatic hydroxyl groups is 4. The van der Waals surface area contributed by atoms with Crippen LogP contribution in [0, 0.1) is 0 Å². The van der Waals surface area contributed by atoms with E-state index in [0.29, 0.717) is 33.2 Å². The van der Waals surface area contributed by atoms with Gasteiger partial charge in [-0.05, 0) is 26.7 Å². The van der Waals surface area contributed by atoms with Gasteiger partial charge in [0.2, 0.25) is 0 Å². The van der Waals surface area contributed by atoms with Crippen molar-refractivity contribution in [3.63, 3.8) is 0 Å². The second-order valence-electron chi connectivity index (χ2n) is 13.0. The molecule has 4 aromatic rings. The second-order valence-corrected chi connectivity index (χ2v) is 19.8. The number of nitrogens with zero attached hydrogens (tertiary/aromatic N) is 2. The molecular formula is C28H42N8O10P2. The minimum atomic E-state index is -2.41. The maximum absolute atomic E-state index is 11.9. The Hall–Kier alpha value is -3.02. The summed E-state index contributed by atoms with van der Waals surface area (Å²) in [5.41, 5.74) is 2.13. The highest BCUT2D eigenvalue weighted by Crippen LogP contribution is 2.39. The minimum absolute atomic E-state index is 0.0193. The fourth-order valence-electron chi connectivity index (χ4n) is 5.86. The van der Waals surface area contributed by atoms with Crippen LogP contribution >= 0.6 is 14.3 Å². The van der Waals surface area contributed by atoms with Crippen molar-refractivity contribution in [3.05, 3.63) is 56.9 Å². The Balaban J connectivity index is 0.000000188. The van der Waals surface area contributed by atoms with E-state index in [2.05, 4.69) is 40.5 Å². The van der Waals surface area contributed by atoms with Crippen molar-refractivity contribution in [2.45, 2.75) is 48.6 Å².